The maximum atomic E-state index is 11.7. The highest BCUT2D eigenvalue weighted by molar-refractivity contribution is 6.32. The van der Waals surface area contributed by atoms with Crippen molar-refractivity contribution in [3.63, 3.8) is 0 Å². The summed E-state index contributed by atoms with van der Waals surface area (Å²) in [5.74, 6) is 2.21. The molecule has 4 heteroatoms. The fraction of sp³-hybridized carbons (Fsp3) is 0.364. The summed E-state index contributed by atoms with van der Waals surface area (Å²) in [7, 11) is 0. The fourth-order valence-corrected chi connectivity index (χ4v) is 1.20. The molecule has 1 heterocycles. The summed E-state index contributed by atoms with van der Waals surface area (Å²) in [6.07, 6.45) is 7.34. The molecule has 0 fully saturated rings. The molecule has 1 rings (SSSR count). The molecule has 0 spiro atoms. The van der Waals surface area contributed by atoms with Crippen molar-refractivity contribution in [2.24, 2.45) is 0 Å². The third kappa shape index (κ3) is 2.54. The van der Waals surface area contributed by atoms with Gasteiger partial charge in [-0.25, -0.2) is 0 Å². The first kappa shape index (κ1) is 11.7. The molecule has 80 valence electrons. The van der Waals surface area contributed by atoms with Crippen LogP contribution in [0.15, 0.2) is 16.7 Å². The van der Waals surface area contributed by atoms with E-state index in [1.54, 1.807) is 6.92 Å². The second-order valence-corrected chi connectivity index (χ2v) is 3.74. The Balaban J connectivity index is 2.82. The summed E-state index contributed by atoms with van der Waals surface area (Å²) in [6, 6.07) is 1.50. The molecule has 1 N–H and O–H groups in total. The van der Waals surface area contributed by atoms with Crippen LogP contribution in [-0.2, 0) is 0 Å². The van der Waals surface area contributed by atoms with E-state index < -0.39 is 5.54 Å². The number of carbonyl (C=O) groups excluding carboxylic acids is 1. The third-order valence-corrected chi connectivity index (χ3v) is 2.57. The number of carbonyl (C=O) groups is 1. The molecular weight excluding hydrogens is 214 g/mol. The molecule has 0 saturated heterocycles. The van der Waals surface area contributed by atoms with Crippen molar-refractivity contribution in [1.82, 2.24) is 5.32 Å². The number of hydrogen-bond acceptors (Lipinski definition) is 2. The van der Waals surface area contributed by atoms with E-state index in [1.807, 2.05) is 6.92 Å². The Morgan fingerprint density at radius 3 is 2.87 bits per heavy atom. The van der Waals surface area contributed by atoms with Gasteiger partial charge in [-0.15, -0.1) is 6.42 Å². The molecule has 1 unspecified atom stereocenters. The second kappa shape index (κ2) is 4.41. The van der Waals surface area contributed by atoms with E-state index in [9.17, 15) is 4.79 Å². The number of rotatable bonds is 3. The van der Waals surface area contributed by atoms with Crippen molar-refractivity contribution in [2.45, 2.75) is 25.8 Å². The largest absolute Gasteiger partial charge is 0.452 e. The maximum Gasteiger partial charge on any atom is 0.257 e. The van der Waals surface area contributed by atoms with Crippen LogP contribution in [0.4, 0.5) is 0 Å². The number of nitrogens with one attached hydrogen (secondary N) is 1. The Morgan fingerprint density at radius 1 is 1.80 bits per heavy atom. The summed E-state index contributed by atoms with van der Waals surface area (Å²) in [6.45, 7) is 3.68. The Morgan fingerprint density at radius 2 is 2.47 bits per heavy atom. The number of hydrogen-bond donors (Lipinski definition) is 1. The average Bonchev–Trinajstić information content (AvgIpc) is 2.64. The molecular formula is C11H12ClNO2. The molecule has 0 aliphatic carbocycles. The SMILES string of the molecule is C#CC(C)(CC)NC(=O)c1ccoc1Cl. The summed E-state index contributed by atoms with van der Waals surface area (Å²) in [4.78, 5) is 11.7. The molecule has 0 aromatic carbocycles. The summed E-state index contributed by atoms with van der Waals surface area (Å²) in [5, 5.41) is 2.79. The minimum absolute atomic E-state index is 0.0722. The number of amides is 1. The van der Waals surface area contributed by atoms with E-state index in [0.717, 1.165) is 0 Å². The van der Waals surface area contributed by atoms with Crippen molar-refractivity contribution in [2.75, 3.05) is 0 Å². The Labute approximate surface area is 93.8 Å². The average molecular weight is 226 g/mol. The van der Waals surface area contributed by atoms with Gasteiger partial charge in [0.05, 0.1) is 17.4 Å². The van der Waals surface area contributed by atoms with E-state index in [-0.39, 0.29) is 11.1 Å². The summed E-state index contributed by atoms with van der Waals surface area (Å²) < 4.78 is 4.82. The lowest BCUT2D eigenvalue weighted by Crippen LogP contribution is -2.44. The van der Waals surface area contributed by atoms with Crippen molar-refractivity contribution in [1.29, 1.82) is 0 Å². The van der Waals surface area contributed by atoms with Gasteiger partial charge in [0.15, 0.2) is 0 Å². The van der Waals surface area contributed by atoms with Gasteiger partial charge in [0.2, 0.25) is 5.22 Å². The van der Waals surface area contributed by atoms with Gasteiger partial charge < -0.3 is 9.73 Å². The van der Waals surface area contributed by atoms with Gasteiger partial charge in [-0.3, -0.25) is 4.79 Å². The van der Waals surface area contributed by atoms with Crippen LogP contribution in [-0.4, -0.2) is 11.4 Å². The highest BCUT2D eigenvalue weighted by Crippen LogP contribution is 2.18. The maximum absolute atomic E-state index is 11.7. The molecule has 3 nitrogen and oxygen atoms in total. The standard InChI is InChI=1S/C11H12ClNO2/c1-4-11(3,5-2)13-10(14)8-6-7-15-9(8)12/h1,6-7H,5H2,2-3H3,(H,13,14). The van der Waals surface area contributed by atoms with Crippen LogP contribution in [0.2, 0.25) is 5.22 Å². The Bertz CT molecular complexity index is 405. The van der Waals surface area contributed by atoms with Crippen molar-refractivity contribution >= 4 is 17.5 Å². The summed E-state index contributed by atoms with van der Waals surface area (Å²) >= 11 is 5.67. The zero-order valence-corrected chi connectivity index (χ0v) is 9.39. The van der Waals surface area contributed by atoms with Gasteiger partial charge in [-0.05, 0) is 31.0 Å². The quantitative estimate of drug-likeness (QED) is 0.803. The van der Waals surface area contributed by atoms with E-state index in [0.29, 0.717) is 12.0 Å². The lowest BCUT2D eigenvalue weighted by atomic mass is 10.00. The number of furan rings is 1. The lowest BCUT2D eigenvalue weighted by molar-refractivity contribution is 0.0923. The molecule has 0 bridgehead atoms. The van der Waals surface area contributed by atoms with E-state index in [1.165, 1.54) is 12.3 Å². The van der Waals surface area contributed by atoms with Crippen LogP contribution in [0.3, 0.4) is 0 Å². The van der Waals surface area contributed by atoms with Crippen molar-refractivity contribution in [3.8, 4) is 12.3 Å². The summed E-state index contributed by atoms with van der Waals surface area (Å²) in [5.41, 5.74) is -0.357. The molecule has 1 aromatic rings. The predicted octanol–water partition coefficient (Wildman–Crippen LogP) is 2.46. The van der Waals surface area contributed by atoms with Crippen LogP contribution in [0.1, 0.15) is 30.6 Å². The number of halogens is 1. The minimum atomic E-state index is -0.655. The molecule has 1 atom stereocenters. The van der Waals surface area contributed by atoms with Crippen LogP contribution in [0, 0.1) is 12.3 Å². The van der Waals surface area contributed by atoms with E-state index >= 15 is 0 Å². The molecule has 0 saturated carbocycles. The van der Waals surface area contributed by atoms with Crippen LogP contribution in [0.25, 0.3) is 0 Å². The van der Waals surface area contributed by atoms with Gasteiger partial charge in [-0.2, -0.15) is 0 Å². The van der Waals surface area contributed by atoms with Crippen molar-refractivity contribution in [3.05, 3.63) is 23.1 Å². The predicted molar refractivity (Wildman–Crippen MR) is 58.7 cm³/mol. The lowest BCUT2D eigenvalue weighted by Gasteiger charge is -2.22. The minimum Gasteiger partial charge on any atom is -0.452 e. The first-order valence-corrected chi connectivity index (χ1v) is 4.93. The zero-order valence-electron chi connectivity index (χ0n) is 8.63. The van der Waals surface area contributed by atoms with E-state index in [4.69, 9.17) is 22.4 Å². The van der Waals surface area contributed by atoms with Crippen LogP contribution < -0.4 is 5.32 Å². The molecule has 15 heavy (non-hydrogen) atoms. The topological polar surface area (TPSA) is 42.2 Å². The Hall–Kier alpha value is -1.40. The number of terminal acetylenes is 1. The molecule has 0 aliphatic heterocycles. The van der Waals surface area contributed by atoms with Gasteiger partial charge in [-0.1, -0.05) is 12.8 Å². The molecule has 0 radical (unpaired) electrons. The molecule has 0 aliphatic rings. The van der Waals surface area contributed by atoms with Crippen LogP contribution >= 0.6 is 11.6 Å². The molecule has 1 amide bonds. The molecule has 1 aromatic heterocycles. The highest BCUT2D eigenvalue weighted by atomic mass is 35.5. The van der Waals surface area contributed by atoms with Gasteiger partial charge in [0, 0.05) is 0 Å². The van der Waals surface area contributed by atoms with Gasteiger partial charge in [0.25, 0.3) is 5.91 Å². The zero-order chi connectivity index (χ0) is 11.5. The fourth-order valence-electron chi connectivity index (χ4n) is 1.00. The van der Waals surface area contributed by atoms with Gasteiger partial charge in [0.1, 0.15) is 0 Å². The van der Waals surface area contributed by atoms with Crippen LogP contribution in [0.5, 0.6) is 0 Å². The van der Waals surface area contributed by atoms with E-state index in [2.05, 4.69) is 11.2 Å². The normalized spacial score (nSPS) is 14.0. The first-order valence-electron chi connectivity index (χ1n) is 4.55. The van der Waals surface area contributed by atoms with Gasteiger partial charge >= 0.3 is 0 Å². The smallest absolute Gasteiger partial charge is 0.257 e. The third-order valence-electron chi connectivity index (χ3n) is 2.28. The first-order chi connectivity index (χ1) is 7.02. The monoisotopic (exact) mass is 225 g/mol. The second-order valence-electron chi connectivity index (χ2n) is 3.39. The van der Waals surface area contributed by atoms with Crippen molar-refractivity contribution < 1.29 is 9.21 Å². The highest BCUT2D eigenvalue weighted by Gasteiger charge is 2.23. The Kier molecular flexibility index (Phi) is 3.43.